The quantitative estimate of drug-likeness (QED) is 0.616. The second-order valence-electron chi connectivity index (χ2n) is 4.89. The molecule has 0 aromatic heterocycles. The van der Waals surface area contributed by atoms with E-state index in [2.05, 4.69) is 15.5 Å². The van der Waals surface area contributed by atoms with Crippen LogP contribution in [0.3, 0.4) is 0 Å². The van der Waals surface area contributed by atoms with E-state index in [9.17, 15) is 0 Å². The molecule has 1 aromatic carbocycles. The Balaban J connectivity index is 1.65. The molecule has 0 radical (unpaired) electrons. The molecule has 0 aliphatic carbocycles. The first-order chi connectivity index (χ1) is 10.3. The zero-order valence-electron chi connectivity index (χ0n) is 12.4. The average molecular weight is 309 g/mol. The van der Waals surface area contributed by atoms with Crippen molar-refractivity contribution in [2.24, 2.45) is 0 Å². The van der Waals surface area contributed by atoms with Crippen molar-refractivity contribution in [3.8, 4) is 5.75 Å². The minimum Gasteiger partial charge on any atom is -0.495 e. The first-order valence-corrected chi connectivity index (χ1v) is 7.68. The summed E-state index contributed by atoms with van der Waals surface area (Å²) in [7, 11) is 1.65. The molecule has 0 bridgehead atoms. The summed E-state index contributed by atoms with van der Waals surface area (Å²) < 4.78 is 10.6. The Morgan fingerprint density at radius 3 is 2.86 bits per heavy atom. The van der Waals surface area contributed by atoms with E-state index in [-0.39, 0.29) is 0 Å². The molecule has 0 unspecified atom stereocenters. The number of thiocarbonyl (C=S) groups is 1. The Kier molecular flexibility index (Phi) is 6.72. The van der Waals surface area contributed by atoms with Crippen LogP contribution in [0.15, 0.2) is 24.3 Å². The van der Waals surface area contributed by atoms with Crippen LogP contribution in [0.2, 0.25) is 0 Å². The standard InChI is InChI=1S/C15H23N3O2S/c1-19-14-6-3-2-5-13(14)17-15(21)16-7-4-8-18-9-11-20-12-10-18/h2-3,5-6H,4,7-12H2,1H3,(H2,16,17,21). The average Bonchev–Trinajstić information content (AvgIpc) is 2.53. The summed E-state index contributed by atoms with van der Waals surface area (Å²) >= 11 is 5.30. The van der Waals surface area contributed by atoms with E-state index in [1.165, 1.54) is 0 Å². The van der Waals surface area contributed by atoms with Crippen LogP contribution in [0, 0.1) is 0 Å². The van der Waals surface area contributed by atoms with Gasteiger partial charge < -0.3 is 20.1 Å². The van der Waals surface area contributed by atoms with E-state index in [0.29, 0.717) is 5.11 Å². The summed E-state index contributed by atoms with van der Waals surface area (Å²) in [5.41, 5.74) is 0.880. The van der Waals surface area contributed by atoms with Gasteiger partial charge in [0.1, 0.15) is 5.75 Å². The number of hydrogen-bond acceptors (Lipinski definition) is 4. The van der Waals surface area contributed by atoms with E-state index in [0.717, 1.165) is 57.3 Å². The maximum Gasteiger partial charge on any atom is 0.170 e. The van der Waals surface area contributed by atoms with Gasteiger partial charge in [0.25, 0.3) is 0 Å². The summed E-state index contributed by atoms with van der Waals surface area (Å²) in [5.74, 6) is 0.787. The Morgan fingerprint density at radius 2 is 2.10 bits per heavy atom. The molecule has 1 fully saturated rings. The van der Waals surface area contributed by atoms with Gasteiger partial charge in [0.2, 0.25) is 0 Å². The molecule has 5 nitrogen and oxygen atoms in total. The van der Waals surface area contributed by atoms with Crippen molar-refractivity contribution < 1.29 is 9.47 Å². The van der Waals surface area contributed by atoms with Crippen molar-refractivity contribution in [1.82, 2.24) is 10.2 Å². The molecule has 1 saturated heterocycles. The summed E-state index contributed by atoms with van der Waals surface area (Å²) in [5, 5.41) is 7.02. The van der Waals surface area contributed by atoms with Gasteiger partial charge in [0.15, 0.2) is 5.11 Å². The lowest BCUT2D eigenvalue weighted by molar-refractivity contribution is 0.0376. The zero-order valence-corrected chi connectivity index (χ0v) is 13.2. The predicted molar refractivity (Wildman–Crippen MR) is 89.1 cm³/mol. The van der Waals surface area contributed by atoms with Crippen molar-refractivity contribution in [3.63, 3.8) is 0 Å². The molecule has 0 atom stereocenters. The normalized spacial score (nSPS) is 15.5. The van der Waals surface area contributed by atoms with E-state index >= 15 is 0 Å². The third-order valence-corrected chi connectivity index (χ3v) is 3.64. The zero-order chi connectivity index (χ0) is 14.9. The number of hydrogen-bond donors (Lipinski definition) is 2. The Hall–Kier alpha value is -1.37. The molecule has 1 aliphatic heterocycles. The monoisotopic (exact) mass is 309 g/mol. The first kappa shape index (κ1) is 16.0. The van der Waals surface area contributed by atoms with Crippen LogP contribution < -0.4 is 15.4 Å². The van der Waals surface area contributed by atoms with E-state index < -0.39 is 0 Å². The minimum atomic E-state index is 0.626. The lowest BCUT2D eigenvalue weighted by atomic mass is 10.3. The van der Waals surface area contributed by atoms with Gasteiger partial charge in [-0.3, -0.25) is 4.90 Å². The van der Waals surface area contributed by atoms with Gasteiger partial charge in [-0.15, -0.1) is 0 Å². The number of nitrogens with one attached hydrogen (secondary N) is 2. The van der Waals surface area contributed by atoms with Crippen LogP contribution in [-0.4, -0.2) is 56.5 Å². The highest BCUT2D eigenvalue weighted by Gasteiger charge is 2.09. The molecule has 0 amide bonds. The Labute approximate surface area is 131 Å². The van der Waals surface area contributed by atoms with Gasteiger partial charge in [0.05, 0.1) is 26.0 Å². The summed E-state index contributed by atoms with van der Waals surface area (Å²) in [4.78, 5) is 2.42. The summed E-state index contributed by atoms with van der Waals surface area (Å²) in [6, 6.07) is 7.73. The highest BCUT2D eigenvalue weighted by Crippen LogP contribution is 2.22. The van der Waals surface area contributed by atoms with Crippen LogP contribution in [0.1, 0.15) is 6.42 Å². The second kappa shape index (κ2) is 8.81. The third-order valence-electron chi connectivity index (χ3n) is 3.40. The Bertz CT molecular complexity index is 450. The molecular weight excluding hydrogens is 286 g/mol. The molecule has 2 rings (SSSR count). The lowest BCUT2D eigenvalue weighted by Gasteiger charge is -2.26. The molecule has 1 aliphatic rings. The van der Waals surface area contributed by atoms with Gasteiger partial charge in [-0.2, -0.15) is 0 Å². The highest BCUT2D eigenvalue weighted by molar-refractivity contribution is 7.80. The molecule has 2 N–H and O–H groups in total. The number of benzene rings is 1. The van der Waals surface area contributed by atoms with Crippen molar-refractivity contribution in [3.05, 3.63) is 24.3 Å². The molecule has 21 heavy (non-hydrogen) atoms. The fraction of sp³-hybridized carbons (Fsp3) is 0.533. The Morgan fingerprint density at radius 1 is 1.33 bits per heavy atom. The smallest absolute Gasteiger partial charge is 0.170 e. The van der Waals surface area contributed by atoms with Gasteiger partial charge >= 0.3 is 0 Å². The predicted octanol–water partition coefficient (Wildman–Crippen LogP) is 1.70. The maximum absolute atomic E-state index is 5.33. The SMILES string of the molecule is COc1ccccc1NC(=S)NCCCN1CCOCC1. The second-order valence-corrected chi connectivity index (χ2v) is 5.30. The van der Waals surface area contributed by atoms with E-state index in [1.807, 2.05) is 24.3 Å². The molecule has 0 saturated carbocycles. The lowest BCUT2D eigenvalue weighted by Crippen LogP contribution is -2.38. The molecule has 1 aromatic rings. The fourth-order valence-corrected chi connectivity index (χ4v) is 2.46. The van der Waals surface area contributed by atoms with E-state index in [1.54, 1.807) is 7.11 Å². The van der Waals surface area contributed by atoms with Gasteiger partial charge in [-0.05, 0) is 37.3 Å². The summed E-state index contributed by atoms with van der Waals surface area (Å²) in [6.07, 6.45) is 1.06. The maximum atomic E-state index is 5.33. The largest absolute Gasteiger partial charge is 0.495 e. The fourth-order valence-electron chi connectivity index (χ4n) is 2.24. The highest BCUT2D eigenvalue weighted by atomic mass is 32.1. The molecule has 1 heterocycles. The molecule has 0 spiro atoms. The molecule has 116 valence electrons. The van der Waals surface area contributed by atoms with Crippen molar-refractivity contribution >= 4 is 23.0 Å². The van der Waals surface area contributed by atoms with Crippen LogP contribution in [0.5, 0.6) is 5.75 Å². The van der Waals surface area contributed by atoms with Crippen LogP contribution in [-0.2, 0) is 4.74 Å². The number of para-hydroxylation sites is 2. The number of methoxy groups -OCH3 is 1. The molecule has 6 heteroatoms. The summed E-state index contributed by atoms with van der Waals surface area (Å²) in [6.45, 7) is 5.70. The van der Waals surface area contributed by atoms with E-state index in [4.69, 9.17) is 21.7 Å². The number of rotatable bonds is 6. The van der Waals surface area contributed by atoms with Crippen molar-refractivity contribution in [1.29, 1.82) is 0 Å². The minimum absolute atomic E-state index is 0.626. The third kappa shape index (κ3) is 5.49. The van der Waals surface area contributed by atoms with Crippen molar-refractivity contribution in [2.45, 2.75) is 6.42 Å². The first-order valence-electron chi connectivity index (χ1n) is 7.27. The van der Waals surface area contributed by atoms with Crippen LogP contribution >= 0.6 is 12.2 Å². The van der Waals surface area contributed by atoms with Gasteiger partial charge in [0, 0.05) is 19.6 Å². The number of nitrogens with zero attached hydrogens (tertiary/aromatic N) is 1. The van der Waals surface area contributed by atoms with Crippen LogP contribution in [0.4, 0.5) is 5.69 Å². The molecular formula is C15H23N3O2S. The van der Waals surface area contributed by atoms with Gasteiger partial charge in [-0.25, -0.2) is 0 Å². The van der Waals surface area contributed by atoms with Crippen LogP contribution in [0.25, 0.3) is 0 Å². The topological polar surface area (TPSA) is 45.8 Å². The number of morpholine rings is 1. The van der Waals surface area contributed by atoms with Crippen molar-refractivity contribution in [2.75, 3.05) is 51.8 Å². The number of ether oxygens (including phenoxy) is 2. The van der Waals surface area contributed by atoms with Gasteiger partial charge in [-0.1, -0.05) is 12.1 Å². The number of anilines is 1.